The lowest BCUT2D eigenvalue weighted by atomic mass is 10.2. The number of rotatable bonds is 7. The van der Waals surface area contributed by atoms with Crippen molar-refractivity contribution >= 4 is 0 Å². The van der Waals surface area contributed by atoms with E-state index < -0.39 is 0 Å². The van der Waals surface area contributed by atoms with Crippen LogP contribution in [-0.2, 0) is 6.54 Å². The van der Waals surface area contributed by atoms with Crippen molar-refractivity contribution in [3.63, 3.8) is 0 Å². The summed E-state index contributed by atoms with van der Waals surface area (Å²) in [5.74, 6) is 0. The molecule has 2 nitrogen and oxygen atoms in total. The average Bonchev–Trinajstić information content (AvgIpc) is 2.82. The maximum absolute atomic E-state index is 2.50. The molecule has 0 fully saturated rings. The molecule has 1 aliphatic rings. The smallest absolute Gasteiger partial charge is 0.101 e. The molecule has 0 bridgehead atoms. The van der Waals surface area contributed by atoms with Crippen molar-refractivity contribution in [2.24, 2.45) is 0 Å². The van der Waals surface area contributed by atoms with Crippen LogP contribution in [0, 0.1) is 0 Å². The van der Waals surface area contributed by atoms with Crippen molar-refractivity contribution < 1.29 is 0 Å². The highest BCUT2D eigenvalue weighted by Gasteiger charge is 2.23. The molecule has 2 heteroatoms. The number of hydrogen-bond donors (Lipinski definition) is 0. The van der Waals surface area contributed by atoms with Crippen molar-refractivity contribution in [3.8, 4) is 0 Å². The Morgan fingerprint density at radius 3 is 2.37 bits per heavy atom. The summed E-state index contributed by atoms with van der Waals surface area (Å²) in [4.78, 5) is 4.96. The monoisotopic (exact) mass is 258 g/mol. The summed E-state index contributed by atoms with van der Waals surface area (Å²) in [5.41, 5.74) is 1.39. The van der Waals surface area contributed by atoms with Crippen LogP contribution in [0.5, 0.6) is 0 Å². The normalized spacial score (nSPS) is 18.3. The van der Waals surface area contributed by atoms with Gasteiger partial charge in [0, 0.05) is 25.5 Å². The van der Waals surface area contributed by atoms with Gasteiger partial charge in [0.2, 0.25) is 0 Å². The lowest BCUT2D eigenvalue weighted by molar-refractivity contribution is 0.140. The molecule has 104 valence electrons. The number of benzene rings is 1. The summed E-state index contributed by atoms with van der Waals surface area (Å²) in [5, 5.41) is 0. The third kappa shape index (κ3) is 3.76. The van der Waals surface area contributed by atoms with Crippen LogP contribution >= 0.6 is 0 Å². The molecule has 0 saturated carbocycles. The maximum Gasteiger partial charge on any atom is 0.101 e. The molecule has 19 heavy (non-hydrogen) atoms. The zero-order valence-electron chi connectivity index (χ0n) is 12.3. The van der Waals surface area contributed by atoms with E-state index in [1.807, 2.05) is 0 Å². The SMILES string of the molecule is CCCCCN1C=CN(Cc2ccccc2)C1CC. The first kappa shape index (κ1) is 14.0. The molecule has 1 heterocycles. The lowest BCUT2D eigenvalue weighted by Gasteiger charge is -2.32. The van der Waals surface area contributed by atoms with E-state index in [0.29, 0.717) is 6.17 Å². The van der Waals surface area contributed by atoms with Gasteiger partial charge in [-0.15, -0.1) is 0 Å². The minimum atomic E-state index is 0.539. The standard InChI is InChI=1S/C17H26N2/c1-3-5-9-12-18-13-14-19(17(18)4-2)15-16-10-7-6-8-11-16/h6-8,10-11,13-14,17H,3-5,9,12,15H2,1-2H3. The highest BCUT2D eigenvalue weighted by Crippen LogP contribution is 2.21. The second kappa shape index (κ2) is 7.22. The van der Waals surface area contributed by atoms with Crippen LogP contribution in [0.15, 0.2) is 42.7 Å². The summed E-state index contributed by atoms with van der Waals surface area (Å²) >= 11 is 0. The highest BCUT2D eigenvalue weighted by atomic mass is 15.4. The van der Waals surface area contributed by atoms with E-state index in [9.17, 15) is 0 Å². The molecule has 0 aromatic heterocycles. The van der Waals surface area contributed by atoms with Crippen LogP contribution in [0.1, 0.15) is 45.1 Å². The van der Waals surface area contributed by atoms with Gasteiger partial charge in [-0.2, -0.15) is 0 Å². The van der Waals surface area contributed by atoms with Gasteiger partial charge in [0.15, 0.2) is 0 Å². The molecular weight excluding hydrogens is 232 g/mol. The fourth-order valence-electron chi connectivity index (χ4n) is 2.75. The number of unbranched alkanes of at least 4 members (excludes halogenated alkanes) is 2. The zero-order chi connectivity index (χ0) is 13.5. The van der Waals surface area contributed by atoms with Gasteiger partial charge in [0.1, 0.15) is 6.17 Å². The molecule has 0 aliphatic carbocycles. The summed E-state index contributed by atoms with van der Waals surface area (Å²) in [7, 11) is 0. The number of hydrogen-bond acceptors (Lipinski definition) is 2. The largest absolute Gasteiger partial charge is 0.356 e. The summed E-state index contributed by atoms with van der Waals surface area (Å²) < 4.78 is 0. The third-order valence-corrected chi connectivity index (χ3v) is 3.81. The minimum absolute atomic E-state index is 0.539. The van der Waals surface area contributed by atoms with Gasteiger partial charge in [-0.25, -0.2) is 0 Å². The highest BCUT2D eigenvalue weighted by molar-refractivity contribution is 5.15. The zero-order valence-corrected chi connectivity index (χ0v) is 12.3. The first-order valence-electron chi connectivity index (χ1n) is 7.59. The Hall–Kier alpha value is -1.44. The molecule has 1 atom stereocenters. The predicted molar refractivity (Wildman–Crippen MR) is 81.4 cm³/mol. The molecule has 0 N–H and O–H groups in total. The van der Waals surface area contributed by atoms with Crippen molar-refractivity contribution in [1.29, 1.82) is 0 Å². The Morgan fingerprint density at radius 1 is 0.947 bits per heavy atom. The van der Waals surface area contributed by atoms with Crippen LogP contribution < -0.4 is 0 Å². The molecule has 0 radical (unpaired) electrons. The quantitative estimate of drug-likeness (QED) is 0.676. The number of nitrogens with zero attached hydrogens (tertiary/aromatic N) is 2. The van der Waals surface area contributed by atoms with Crippen molar-refractivity contribution in [2.45, 2.75) is 52.2 Å². The van der Waals surface area contributed by atoms with Crippen molar-refractivity contribution in [1.82, 2.24) is 9.80 Å². The van der Waals surface area contributed by atoms with Crippen LogP contribution in [0.25, 0.3) is 0 Å². The van der Waals surface area contributed by atoms with E-state index in [-0.39, 0.29) is 0 Å². The Labute approximate surface area is 117 Å². The molecule has 0 amide bonds. The Balaban J connectivity index is 1.90. The molecule has 1 aromatic rings. The van der Waals surface area contributed by atoms with Crippen LogP contribution in [0.2, 0.25) is 0 Å². The second-order valence-corrected chi connectivity index (χ2v) is 5.29. The fourth-order valence-corrected chi connectivity index (χ4v) is 2.75. The molecule has 1 aliphatic heterocycles. The molecule has 1 unspecified atom stereocenters. The van der Waals surface area contributed by atoms with Gasteiger partial charge in [-0.05, 0) is 18.4 Å². The van der Waals surface area contributed by atoms with Crippen LogP contribution in [0.3, 0.4) is 0 Å². The van der Waals surface area contributed by atoms with E-state index >= 15 is 0 Å². The topological polar surface area (TPSA) is 6.48 Å². The van der Waals surface area contributed by atoms with E-state index in [0.717, 1.165) is 6.54 Å². The minimum Gasteiger partial charge on any atom is -0.356 e. The van der Waals surface area contributed by atoms with Gasteiger partial charge < -0.3 is 9.80 Å². The van der Waals surface area contributed by atoms with Gasteiger partial charge in [-0.3, -0.25) is 0 Å². The fraction of sp³-hybridized carbons (Fsp3) is 0.529. The van der Waals surface area contributed by atoms with E-state index in [4.69, 9.17) is 0 Å². The van der Waals surface area contributed by atoms with Gasteiger partial charge in [0.25, 0.3) is 0 Å². The Morgan fingerprint density at radius 2 is 1.68 bits per heavy atom. The van der Waals surface area contributed by atoms with E-state index in [1.54, 1.807) is 0 Å². The maximum atomic E-state index is 2.50. The van der Waals surface area contributed by atoms with Gasteiger partial charge in [0.05, 0.1) is 0 Å². The molecule has 1 aromatic carbocycles. The average molecular weight is 258 g/mol. The third-order valence-electron chi connectivity index (χ3n) is 3.81. The van der Waals surface area contributed by atoms with Crippen molar-refractivity contribution in [2.75, 3.05) is 6.54 Å². The van der Waals surface area contributed by atoms with Crippen LogP contribution in [0.4, 0.5) is 0 Å². The van der Waals surface area contributed by atoms with Crippen LogP contribution in [-0.4, -0.2) is 22.5 Å². The first-order chi connectivity index (χ1) is 9.35. The molecule has 2 rings (SSSR count). The summed E-state index contributed by atoms with van der Waals surface area (Å²) in [6, 6.07) is 10.7. The van der Waals surface area contributed by atoms with Gasteiger partial charge in [-0.1, -0.05) is 57.0 Å². The van der Waals surface area contributed by atoms with Gasteiger partial charge >= 0.3 is 0 Å². The second-order valence-electron chi connectivity index (χ2n) is 5.29. The predicted octanol–water partition coefficient (Wildman–Crippen LogP) is 4.20. The first-order valence-corrected chi connectivity index (χ1v) is 7.59. The summed E-state index contributed by atoms with van der Waals surface area (Å²) in [6.45, 7) is 6.75. The van der Waals surface area contributed by atoms with E-state index in [2.05, 4.69) is 66.4 Å². The molecular formula is C17H26N2. The van der Waals surface area contributed by atoms with E-state index in [1.165, 1.54) is 37.8 Å². The summed E-state index contributed by atoms with van der Waals surface area (Å²) in [6.07, 6.45) is 10.2. The molecule has 0 saturated heterocycles. The Kier molecular flexibility index (Phi) is 5.31. The Bertz CT molecular complexity index is 386. The lowest BCUT2D eigenvalue weighted by Crippen LogP contribution is -2.38. The molecule has 0 spiro atoms. The van der Waals surface area contributed by atoms with Crippen molar-refractivity contribution in [3.05, 3.63) is 48.3 Å².